The van der Waals surface area contributed by atoms with Crippen LogP contribution in [-0.4, -0.2) is 34.6 Å². The molecule has 1 aliphatic heterocycles. The molecule has 0 spiro atoms. The van der Waals surface area contributed by atoms with Crippen molar-refractivity contribution >= 4 is 45.6 Å². The fraction of sp³-hybridized carbons (Fsp3) is 0.333. The summed E-state index contributed by atoms with van der Waals surface area (Å²) in [4.78, 5) is 28.4. The maximum absolute atomic E-state index is 13.3. The first kappa shape index (κ1) is 22.1. The van der Waals surface area contributed by atoms with E-state index in [9.17, 15) is 14.0 Å². The van der Waals surface area contributed by atoms with Gasteiger partial charge in [0.15, 0.2) is 0 Å². The molecule has 2 amide bonds. The minimum atomic E-state index is -0.306. The first-order chi connectivity index (χ1) is 15.0. The number of halogens is 2. The predicted molar refractivity (Wildman–Crippen MR) is 126 cm³/mol. The normalized spacial score (nSPS) is 22.3. The van der Waals surface area contributed by atoms with Gasteiger partial charge in [-0.1, -0.05) is 53.0 Å². The van der Waals surface area contributed by atoms with Gasteiger partial charge in [-0.05, 0) is 54.3 Å². The van der Waals surface area contributed by atoms with Crippen LogP contribution in [0.3, 0.4) is 0 Å². The van der Waals surface area contributed by atoms with E-state index in [1.807, 2.05) is 30.3 Å². The molecule has 1 saturated heterocycles. The van der Waals surface area contributed by atoms with E-state index in [1.54, 1.807) is 28.8 Å². The lowest BCUT2D eigenvalue weighted by Crippen LogP contribution is -2.54. The van der Waals surface area contributed by atoms with Gasteiger partial charge in [0.25, 0.3) is 5.91 Å². The van der Waals surface area contributed by atoms with Crippen LogP contribution in [0.15, 0.2) is 57.9 Å². The van der Waals surface area contributed by atoms with Gasteiger partial charge < -0.3 is 10.2 Å². The van der Waals surface area contributed by atoms with E-state index in [1.165, 1.54) is 12.1 Å². The van der Waals surface area contributed by atoms with Crippen LogP contribution < -0.4 is 5.32 Å². The van der Waals surface area contributed by atoms with Crippen molar-refractivity contribution in [2.45, 2.75) is 43.5 Å². The lowest BCUT2D eigenvalue weighted by Gasteiger charge is -2.43. The highest BCUT2D eigenvalue weighted by Crippen LogP contribution is 2.42. The number of carbonyl (C=O) groups excluding carboxylic acids is 2. The zero-order chi connectivity index (χ0) is 21.8. The third kappa shape index (κ3) is 5.57. The number of nitrogens with one attached hydrogen (secondary N) is 1. The molecule has 7 heteroatoms. The van der Waals surface area contributed by atoms with Crippen molar-refractivity contribution in [2.75, 3.05) is 6.54 Å². The van der Waals surface area contributed by atoms with Crippen LogP contribution in [0.2, 0.25) is 0 Å². The molecule has 1 saturated carbocycles. The van der Waals surface area contributed by atoms with Gasteiger partial charge in [-0.25, -0.2) is 4.39 Å². The van der Waals surface area contributed by atoms with Crippen LogP contribution >= 0.6 is 27.7 Å². The maximum Gasteiger partial charge on any atom is 0.261 e. The maximum atomic E-state index is 13.3. The Balaban J connectivity index is 1.48. The summed E-state index contributed by atoms with van der Waals surface area (Å²) in [5, 5.41) is 3.18. The van der Waals surface area contributed by atoms with Crippen LogP contribution in [0.4, 0.5) is 4.39 Å². The number of amides is 2. The average molecular weight is 503 g/mol. The molecule has 2 aromatic rings. The molecule has 1 aliphatic carbocycles. The molecule has 0 radical (unpaired) electrons. The standard InChI is InChI=1S/C24H24BrFN2O2S/c25-18-5-3-4-17(12-18)13-22-24(30)28(20-6-1-2-7-21(20)31-22)15-23(29)27-14-16-8-10-19(26)11-9-16/h3-5,8-13,20-21H,1-2,6-7,14-15H2,(H,27,29)/b22-13+. The molecule has 1 heterocycles. The molecule has 31 heavy (non-hydrogen) atoms. The molecular weight excluding hydrogens is 479 g/mol. The fourth-order valence-electron chi connectivity index (χ4n) is 4.12. The summed E-state index contributed by atoms with van der Waals surface area (Å²) in [5.74, 6) is -0.583. The number of benzene rings is 2. The minimum Gasteiger partial charge on any atom is -0.350 e. The molecule has 4 rings (SSSR count). The van der Waals surface area contributed by atoms with E-state index in [0.29, 0.717) is 16.7 Å². The SMILES string of the molecule is O=C(CN1C(=O)/C(=C\c2cccc(Br)c2)SC2CCCCC21)NCc1ccc(F)cc1. The van der Waals surface area contributed by atoms with Crippen LogP contribution in [0.1, 0.15) is 36.8 Å². The molecule has 2 aliphatic rings. The third-order valence-electron chi connectivity index (χ3n) is 5.68. The Morgan fingerprint density at radius 2 is 1.97 bits per heavy atom. The average Bonchev–Trinajstić information content (AvgIpc) is 2.76. The molecule has 2 atom stereocenters. The number of thioether (sulfide) groups is 1. The zero-order valence-electron chi connectivity index (χ0n) is 17.0. The van der Waals surface area contributed by atoms with Crippen molar-refractivity contribution in [1.29, 1.82) is 0 Å². The molecule has 2 unspecified atom stereocenters. The van der Waals surface area contributed by atoms with Gasteiger partial charge in [0.05, 0.1) is 4.91 Å². The Hall–Kier alpha value is -2.12. The number of carbonyl (C=O) groups is 2. The number of hydrogen-bond donors (Lipinski definition) is 1. The van der Waals surface area contributed by atoms with Gasteiger partial charge in [0.2, 0.25) is 5.91 Å². The molecule has 162 valence electrons. The van der Waals surface area contributed by atoms with Crippen LogP contribution in [0.5, 0.6) is 0 Å². The number of rotatable bonds is 5. The zero-order valence-corrected chi connectivity index (χ0v) is 19.4. The van der Waals surface area contributed by atoms with Crippen molar-refractivity contribution in [1.82, 2.24) is 10.2 Å². The molecule has 0 bridgehead atoms. The molecule has 2 fully saturated rings. The second kappa shape index (κ2) is 10.0. The third-order valence-corrected chi connectivity index (χ3v) is 7.57. The summed E-state index contributed by atoms with van der Waals surface area (Å²) < 4.78 is 14.0. The Morgan fingerprint density at radius 1 is 1.19 bits per heavy atom. The van der Waals surface area contributed by atoms with Crippen LogP contribution in [0.25, 0.3) is 6.08 Å². The largest absolute Gasteiger partial charge is 0.350 e. The van der Waals surface area contributed by atoms with Crippen LogP contribution in [0, 0.1) is 5.82 Å². The van der Waals surface area contributed by atoms with Crippen molar-refractivity contribution in [3.8, 4) is 0 Å². The topological polar surface area (TPSA) is 49.4 Å². The highest BCUT2D eigenvalue weighted by atomic mass is 79.9. The molecular formula is C24H24BrFN2O2S. The van der Waals surface area contributed by atoms with Gasteiger partial charge in [0, 0.05) is 22.3 Å². The first-order valence-corrected chi connectivity index (χ1v) is 12.1. The summed E-state index contributed by atoms with van der Waals surface area (Å²) in [7, 11) is 0. The smallest absolute Gasteiger partial charge is 0.261 e. The minimum absolute atomic E-state index is 0.0393. The van der Waals surface area contributed by atoms with E-state index in [2.05, 4.69) is 21.2 Å². The van der Waals surface area contributed by atoms with E-state index in [4.69, 9.17) is 0 Å². The van der Waals surface area contributed by atoms with Crippen molar-refractivity contribution < 1.29 is 14.0 Å². The van der Waals surface area contributed by atoms with Gasteiger partial charge in [-0.3, -0.25) is 9.59 Å². The molecule has 2 aromatic carbocycles. The Bertz CT molecular complexity index is 995. The van der Waals surface area contributed by atoms with Gasteiger partial charge >= 0.3 is 0 Å². The molecule has 0 aromatic heterocycles. The van der Waals surface area contributed by atoms with E-state index < -0.39 is 0 Å². The highest BCUT2D eigenvalue weighted by Gasteiger charge is 2.41. The summed E-state index contributed by atoms with van der Waals surface area (Å²) >= 11 is 5.13. The van der Waals surface area contributed by atoms with E-state index in [0.717, 1.165) is 41.3 Å². The number of fused-ring (bicyclic) bond motifs is 1. The lowest BCUT2D eigenvalue weighted by atomic mass is 9.93. The van der Waals surface area contributed by atoms with E-state index >= 15 is 0 Å². The highest BCUT2D eigenvalue weighted by molar-refractivity contribution is 9.10. The number of hydrogen-bond acceptors (Lipinski definition) is 3. The fourth-order valence-corrected chi connectivity index (χ4v) is 6.01. The summed E-state index contributed by atoms with van der Waals surface area (Å²) in [6, 6.07) is 14.0. The van der Waals surface area contributed by atoms with Gasteiger partial charge in [-0.15, -0.1) is 11.8 Å². The molecule has 1 N–H and O–H groups in total. The Kier molecular flexibility index (Phi) is 7.13. The first-order valence-electron chi connectivity index (χ1n) is 10.5. The number of nitrogens with zero attached hydrogens (tertiary/aromatic N) is 1. The van der Waals surface area contributed by atoms with E-state index in [-0.39, 0.29) is 30.2 Å². The van der Waals surface area contributed by atoms with Crippen molar-refractivity contribution in [2.24, 2.45) is 0 Å². The quantitative estimate of drug-likeness (QED) is 0.576. The summed E-state index contributed by atoms with van der Waals surface area (Å²) in [6.07, 6.45) is 6.13. The summed E-state index contributed by atoms with van der Waals surface area (Å²) in [6.45, 7) is 0.350. The summed E-state index contributed by atoms with van der Waals surface area (Å²) in [5.41, 5.74) is 1.78. The second-order valence-corrected chi connectivity index (χ2v) is 10.1. The predicted octanol–water partition coefficient (Wildman–Crippen LogP) is 5.13. The van der Waals surface area contributed by atoms with Crippen molar-refractivity contribution in [3.05, 3.63) is 74.9 Å². The lowest BCUT2D eigenvalue weighted by molar-refractivity contribution is -0.135. The van der Waals surface area contributed by atoms with Crippen molar-refractivity contribution in [3.63, 3.8) is 0 Å². The Labute approximate surface area is 194 Å². The van der Waals surface area contributed by atoms with Crippen LogP contribution in [-0.2, 0) is 16.1 Å². The Morgan fingerprint density at radius 3 is 2.74 bits per heavy atom. The second-order valence-electron chi connectivity index (χ2n) is 7.91. The van der Waals surface area contributed by atoms with Gasteiger partial charge in [0.1, 0.15) is 12.4 Å². The molecule has 4 nitrogen and oxygen atoms in total. The van der Waals surface area contributed by atoms with Gasteiger partial charge in [-0.2, -0.15) is 0 Å². The monoisotopic (exact) mass is 502 g/mol.